The van der Waals surface area contributed by atoms with Crippen molar-refractivity contribution in [1.82, 2.24) is 15.1 Å². The molecule has 0 aliphatic carbocycles. The number of alkyl carbamates (subject to hydrolysis) is 1. The van der Waals surface area contributed by atoms with Crippen molar-refractivity contribution < 1.29 is 24.4 Å². The third kappa shape index (κ3) is 8.32. The Morgan fingerprint density at radius 1 is 1.16 bits per heavy atom. The van der Waals surface area contributed by atoms with Gasteiger partial charge in [-0.3, -0.25) is 9.69 Å². The number of rotatable bonds is 9. The van der Waals surface area contributed by atoms with Gasteiger partial charge in [0.25, 0.3) is 5.91 Å². The predicted octanol–water partition coefficient (Wildman–Crippen LogP) is 2.43. The molecular weight excluding hydrogens is 471 g/mol. The Bertz CT molecular complexity index is 973. The molecular formula is C27H39BN4O5. The van der Waals surface area contributed by atoms with Gasteiger partial charge in [0.2, 0.25) is 0 Å². The molecule has 2 saturated heterocycles. The van der Waals surface area contributed by atoms with Crippen molar-refractivity contribution >= 4 is 19.1 Å². The summed E-state index contributed by atoms with van der Waals surface area (Å²) in [7, 11) is -1.76. The lowest BCUT2D eigenvalue weighted by atomic mass is 9.76. The third-order valence-corrected chi connectivity index (χ3v) is 7.28. The van der Waals surface area contributed by atoms with E-state index in [1.807, 2.05) is 44.2 Å². The summed E-state index contributed by atoms with van der Waals surface area (Å²) in [6.07, 6.45) is 7.00. The Hall–Kier alpha value is -2.87. The number of hydrogen-bond donors (Lipinski definition) is 3. The number of ether oxygens (including phenoxy) is 1. The third-order valence-electron chi connectivity index (χ3n) is 7.28. The molecule has 0 radical (unpaired) electrons. The number of hydrogen-bond acceptors (Lipinski definition) is 7. The average Bonchev–Trinajstić information content (AvgIpc) is 2.91. The number of likely N-dealkylation sites (tertiary alicyclic amines) is 2. The first-order chi connectivity index (χ1) is 17.7. The van der Waals surface area contributed by atoms with E-state index in [0.29, 0.717) is 13.0 Å². The largest absolute Gasteiger partial charge is 0.475 e. The number of piperidine rings is 2. The molecule has 2 aliphatic heterocycles. The van der Waals surface area contributed by atoms with E-state index in [2.05, 4.69) is 16.3 Å². The molecule has 2 aliphatic rings. The topological polar surface area (TPSA) is 126 Å². The lowest BCUT2D eigenvalue weighted by Crippen LogP contribution is -2.50. The summed E-state index contributed by atoms with van der Waals surface area (Å²) < 4.78 is 5.41. The van der Waals surface area contributed by atoms with Crippen molar-refractivity contribution in [3.63, 3.8) is 0 Å². The highest BCUT2D eigenvalue weighted by atomic mass is 16.5. The summed E-state index contributed by atoms with van der Waals surface area (Å²) in [5, 5.41) is 31.8. The highest BCUT2D eigenvalue weighted by molar-refractivity contribution is 6.43. The Kier molecular flexibility index (Phi) is 10.6. The van der Waals surface area contributed by atoms with Gasteiger partial charge in [-0.1, -0.05) is 36.8 Å². The Labute approximate surface area is 220 Å². The standard InChI is InChI=1S/C27H39BN4O5/c1-27(2,31-14-8-4-9-15-31)18-22(19-29)25(33)32-16-10-7-13-23(32)20-37-26(34)30-24(28(35)36)17-21-11-5-3-6-12-21/h3,5-6,11-12,18,23-24,35-36H,4,7-10,13-17,20H2,1-2H3,(H,30,34)/t23?,24-/m0/s1. The van der Waals surface area contributed by atoms with Crippen LogP contribution < -0.4 is 5.32 Å². The summed E-state index contributed by atoms with van der Waals surface area (Å²) in [5.74, 6) is -1.28. The molecule has 0 bridgehead atoms. The van der Waals surface area contributed by atoms with Gasteiger partial charge in [0.15, 0.2) is 0 Å². The molecule has 3 rings (SSSR count). The number of carbonyl (C=O) groups is 2. The van der Waals surface area contributed by atoms with Crippen molar-refractivity contribution in [3.05, 3.63) is 47.5 Å². The molecule has 2 heterocycles. The zero-order valence-electron chi connectivity index (χ0n) is 21.9. The number of carbonyl (C=O) groups excluding carboxylic acids is 2. The molecule has 9 nitrogen and oxygen atoms in total. The van der Waals surface area contributed by atoms with Crippen LogP contribution in [-0.4, -0.2) is 82.7 Å². The van der Waals surface area contributed by atoms with Crippen molar-refractivity contribution in [2.75, 3.05) is 26.2 Å². The van der Waals surface area contributed by atoms with Gasteiger partial charge in [0.05, 0.1) is 12.0 Å². The van der Waals surface area contributed by atoms with Gasteiger partial charge in [-0.15, -0.1) is 0 Å². The highest BCUT2D eigenvalue weighted by Crippen LogP contribution is 2.25. The number of amides is 2. The minimum atomic E-state index is -1.76. The fraction of sp³-hybridized carbons (Fsp3) is 0.593. The highest BCUT2D eigenvalue weighted by Gasteiger charge is 2.33. The second-order valence-corrected chi connectivity index (χ2v) is 10.5. The van der Waals surface area contributed by atoms with E-state index in [1.165, 1.54) is 6.42 Å². The quantitative estimate of drug-likeness (QED) is 0.265. The molecule has 0 spiro atoms. The maximum absolute atomic E-state index is 13.4. The van der Waals surface area contributed by atoms with Crippen LogP contribution in [-0.2, 0) is 16.0 Å². The van der Waals surface area contributed by atoms with Crippen molar-refractivity contribution in [1.29, 1.82) is 5.26 Å². The van der Waals surface area contributed by atoms with Crippen LogP contribution in [0.15, 0.2) is 42.0 Å². The Balaban J connectivity index is 1.61. The Morgan fingerprint density at radius 3 is 2.49 bits per heavy atom. The van der Waals surface area contributed by atoms with E-state index >= 15 is 0 Å². The Morgan fingerprint density at radius 2 is 1.84 bits per heavy atom. The van der Waals surface area contributed by atoms with Gasteiger partial charge in [-0.2, -0.15) is 5.26 Å². The van der Waals surface area contributed by atoms with E-state index in [-0.39, 0.29) is 30.5 Å². The molecule has 3 N–H and O–H groups in total. The van der Waals surface area contributed by atoms with E-state index < -0.39 is 24.7 Å². The van der Waals surface area contributed by atoms with Gasteiger partial charge < -0.3 is 25.0 Å². The zero-order chi connectivity index (χ0) is 26.8. The van der Waals surface area contributed by atoms with Gasteiger partial charge in [-0.25, -0.2) is 4.79 Å². The number of benzene rings is 1. The van der Waals surface area contributed by atoms with E-state index in [0.717, 1.165) is 44.3 Å². The average molecular weight is 510 g/mol. The molecule has 1 aromatic carbocycles. The molecule has 2 fully saturated rings. The van der Waals surface area contributed by atoms with Gasteiger partial charge in [-0.05, 0) is 77.1 Å². The fourth-order valence-corrected chi connectivity index (χ4v) is 5.12. The zero-order valence-corrected chi connectivity index (χ0v) is 21.9. The molecule has 1 aromatic rings. The summed E-state index contributed by atoms with van der Waals surface area (Å²) in [5.41, 5.74) is 0.535. The first kappa shape index (κ1) is 28.7. The van der Waals surface area contributed by atoms with E-state index in [9.17, 15) is 24.9 Å². The molecule has 2 atom stereocenters. The maximum atomic E-state index is 13.4. The molecule has 2 amide bonds. The van der Waals surface area contributed by atoms with Crippen LogP contribution in [0.2, 0.25) is 0 Å². The maximum Gasteiger partial charge on any atom is 0.475 e. The van der Waals surface area contributed by atoms with E-state index in [4.69, 9.17) is 4.74 Å². The lowest BCUT2D eigenvalue weighted by molar-refractivity contribution is -0.131. The summed E-state index contributed by atoms with van der Waals surface area (Å²) >= 11 is 0. The molecule has 200 valence electrons. The van der Waals surface area contributed by atoms with Crippen LogP contribution >= 0.6 is 0 Å². The molecule has 37 heavy (non-hydrogen) atoms. The summed E-state index contributed by atoms with van der Waals surface area (Å²) in [4.78, 5) is 29.8. The van der Waals surface area contributed by atoms with Crippen molar-refractivity contribution in [3.8, 4) is 6.07 Å². The predicted molar refractivity (Wildman–Crippen MR) is 141 cm³/mol. The fourth-order valence-electron chi connectivity index (χ4n) is 5.12. The van der Waals surface area contributed by atoms with Crippen LogP contribution in [0.4, 0.5) is 4.79 Å². The van der Waals surface area contributed by atoms with Gasteiger partial charge in [0.1, 0.15) is 18.2 Å². The second-order valence-electron chi connectivity index (χ2n) is 10.5. The molecule has 10 heteroatoms. The smallest absolute Gasteiger partial charge is 0.447 e. The van der Waals surface area contributed by atoms with Crippen LogP contribution in [0.3, 0.4) is 0 Å². The molecule has 1 unspecified atom stereocenters. The number of nitrogens with one attached hydrogen (secondary N) is 1. The first-order valence-corrected chi connectivity index (χ1v) is 13.2. The second kappa shape index (κ2) is 13.6. The lowest BCUT2D eigenvalue weighted by Gasteiger charge is -2.40. The number of nitriles is 1. The minimum absolute atomic E-state index is 0.0363. The summed E-state index contributed by atoms with van der Waals surface area (Å²) in [6, 6.07) is 10.9. The van der Waals surface area contributed by atoms with Crippen molar-refractivity contribution in [2.24, 2.45) is 0 Å². The molecule has 0 aromatic heterocycles. The van der Waals surface area contributed by atoms with E-state index in [1.54, 1.807) is 11.0 Å². The van der Waals surface area contributed by atoms with Crippen LogP contribution in [0.5, 0.6) is 0 Å². The monoisotopic (exact) mass is 510 g/mol. The van der Waals surface area contributed by atoms with Crippen molar-refractivity contribution in [2.45, 2.75) is 76.3 Å². The van der Waals surface area contributed by atoms with Crippen LogP contribution in [0, 0.1) is 11.3 Å². The van der Waals surface area contributed by atoms with Gasteiger partial charge in [0, 0.05) is 12.1 Å². The number of nitrogens with zero attached hydrogens (tertiary/aromatic N) is 3. The minimum Gasteiger partial charge on any atom is -0.447 e. The first-order valence-electron chi connectivity index (χ1n) is 13.2. The summed E-state index contributed by atoms with van der Waals surface area (Å²) in [6.45, 7) is 6.41. The molecule has 0 saturated carbocycles. The normalized spacial score (nSPS) is 20.0. The van der Waals surface area contributed by atoms with Crippen LogP contribution in [0.25, 0.3) is 0 Å². The SMILES string of the molecule is CC(C)(C=C(C#N)C(=O)N1CCCCC1COC(=O)N[C@@H](Cc1ccccc1)B(O)O)N1CCCCC1. The van der Waals surface area contributed by atoms with Crippen LogP contribution in [0.1, 0.15) is 57.9 Å². The van der Waals surface area contributed by atoms with Gasteiger partial charge >= 0.3 is 13.2 Å².